The lowest BCUT2D eigenvalue weighted by molar-refractivity contribution is -0.141. The minimum absolute atomic E-state index is 0.0208. The van der Waals surface area contributed by atoms with Crippen molar-refractivity contribution in [3.63, 3.8) is 0 Å². The van der Waals surface area contributed by atoms with Gasteiger partial charge in [-0.25, -0.2) is 0 Å². The van der Waals surface area contributed by atoms with Crippen molar-refractivity contribution in [1.82, 2.24) is 0 Å². The lowest BCUT2D eigenvalue weighted by Gasteiger charge is -2.11. The van der Waals surface area contributed by atoms with Crippen LogP contribution in [0.1, 0.15) is 67.7 Å². The van der Waals surface area contributed by atoms with Crippen LogP contribution in [0.4, 0.5) is 0 Å². The average molecular weight is 631 g/mol. The number of aliphatic carboxylic acids is 5. The molecule has 0 aliphatic heterocycles. The highest BCUT2D eigenvalue weighted by Gasteiger charge is 2.18. The monoisotopic (exact) mass is 630 g/mol. The number of carboxylic acids is 5. The van der Waals surface area contributed by atoms with Crippen LogP contribution in [0.2, 0.25) is 0 Å². The van der Waals surface area contributed by atoms with E-state index in [1.807, 2.05) is 27.7 Å². The van der Waals surface area contributed by atoms with Gasteiger partial charge in [0.1, 0.15) is 30.2 Å². The van der Waals surface area contributed by atoms with E-state index in [0.717, 1.165) is 6.42 Å². The number of primary amides is 1. The Labute approximate surface area is 251 Å². The molecule has 0 unspecified atom stereocenters. The van der Waals surface area contributed by atoms with Crippen molar-refractivity contribution in [2.24, 2.45) is 52.2 Å². The second-order valence-corrected chi connectivity index (χ2v) is 10.2. The van der Waals surface area contributed by atoms with E-state index in [0.29, 0.717) is 12.3 Å². The van der Waals surface area contributed by atoms with Gasteiger partial charge in [0.2, 0.25) is 5.91 Å². The van der Waals surface area contributed by atoms with Crippen molar-refractivity contribution in [1.29, 1.82) is 0 Å². The van der Waals surface area contributed by atoms with Crippen molar-refractivity contribution in [3.05, 3.63) is 0 Å². The standard InChI is InChI=1S/2C6H13NO2.C5H11NO2.C4H8N2O3.C4H9NO3/c1-4(2)3-5(7)6(8)9;1-3-4(2)5(7)6(8)9;1-3(2)4(6)5(7)8;5-2(4(8)9)1-3(6)7;1-2(6)3(5)4(7)8/h2*4-5H,3,7H2,1-2H3,(H,8,9);3-4H,6H2,1-2H3,(H,7,8);2H,1,5H2,(H2,6,7)(H,8,9);2-3,6H,5H2,1H3,(H,7,8)/t5-;4-,5-;4-;2-;2-,3+/m00001/s1. The number of aliphatic hydroxyl groups excluding tert-OH is 1. The van der Waals surface area contributed by atoms with Crippen molar-refractivity contribution in [2.45, 2.75) is 104 Å². The lowest BCUT2D eigenvalue weighted by Crippen LogP contribution is -2.39. The van der Waals surface area contributed by atoms with Crippen LogP contribution < -0.4 is 34.4 Å². The molecule has 0 aliphatic rings. The molecule has 0 spiro atoms. The molecule has 43 heavy (non-hydrogen) atoms. The first-order valence-electron chi connectivity index (χ1n) is 13.2. The molecule has 0 heterocycles. The second kappa shape index (κ2) is 27.4. The largest absolute Gasteiger partial charge is 0.480 e. The number of hydrogen-bond acceptors (Lipinski definition) is 12. The fraction of sp³-hybridized carbons (Fsp3) is 0.760. The van der Waals surface area contributed by atoms with Crippen molar-refractivity contribution >= 4 is 35.8 Å². The summed E-state index contributed by atoms with van der Waals surface area (Å²) in [5.41, 5.74) is 30.1. The van der Waals surface area contributed by atoms with Crippen LogP contribution in [0.15, 0.2) is 0 Å². The molecule has 0 aromatic rings. The summed E-state index contributed by atoms with van der Waals surface area (Å²) in [6, 6.07) is -4.42. The number of carbonyl (C=O) groups is 6. The zero-order valence-electron chi connectivity index (χ0n) is 25.9. The van der Waals surface area contributed by atoms with Crippen LogP contribution in [-0.2, 0) is 28.8 Å². The molecule has 18 nitrogen and oxygen atoms in total. The SMILES string of the molecule is CC(C)C[C@H](N)C(=O)O.CC(C)[C@H](N)C(=O)O.CC[C@H](C)[C@H](N)C(=O)O.C[C@@H](O)[C@H](N)C(=O)O.NC(=O)C[C@H](N)C(=O)O. The molecule has 0 saturated carbocycles. The highest BCUT2D eigenvalue weighted by molar-refractivity contribution is 5.83. The van der Waals surface area contributed by atoms with Crippen molar-refractivity contribution < 1.29 is 59.4 Å². The van der Waals surface area contributed by atoms with Crippen molar-refractivity contribution in [2.75, 3.05) is 0 Å². The summed E-state index contributed by atoms with van der Waals surface area (Å²) in [5, 5.41) is 49.5. The summed E-state index contributed by atoms with van der Waals surface area (Å²) in [6.07, 6.45) is 0.0745. The first kappa shape index (κ1) is 49.3. The van der Waals surface area contributed by atoms with Gasteiger partial charge in [-0.1, -0.05) is 48.0 Å². The Hall–Kier alpha value is -3.42. The Balaban J connectivity index is -0.000000140. The molecule has 0 aromatic carbocycles. The first-order valence-corrected chi connectivity index (χ1v) is 13.2. The smallest absolute Gasteiger partial charge is 0.323 e. The quantitative estimate of drug-likeness (QED) is 0.104. The fourth-order valence-electron chi connectivity index (χ4n) is 1.90. The van der Waals surface area contributed by atoms with E-state index < -0.39 is 72.1 Å². The van der Waals surface area contributed by atoms with Crippen LogP contribution in [-0.4, -0.2) is 103 Å². The summed E-state index contributed by atoms with van der Waals surface area (Å²) >= 11 is 0. The molecule has 1 amide bonds. The number of hydrogen-bond donors (Lipinski definition) is 12. The van der Waals surface area contributed by atoms with Crippen LogP contribution in [0.25, 0.3) is 0 Å². The van der Waals surface area contributed by atoms with E-state index >= 15 is 0 Å². The van der Waals surface area contributed by atoms with Gasteiger partial charge in [-0.15, -0.1) is 0 Å². The molecule has 7 atom stereocenters. The van der Waals surface area contributed by atoms with Crippen LogP contribution in [0.3, 0.4) is 0 Å². The lowest BCUT2D eigenvalue weighted by atomic mass is 10.0. The van der Waals surface area contributed by atoms with Gasteiger partial charge in [-0.05, 0) is 31.1 Å². The molecular weight excluding hydrogens is 576 g/mol. The maximum Gasteiger partial charge on any atom is 0.323 e. The Morgan fingerprint density at radius 2 is 0.930 bits per heavy atom. The Morgan fingerprint density at radius 1 is 0.581 bits per heavy atom. The Kier molecular flexibility index (Phi) is 31.4. The van der Waals surface area contributed by atoms with E-state index in [2.05, 4.69) is 5.73 Å². The van der Waals surface area contributed by atoms with E-state index in [1.165, 1.54) is 6.92 Å². The van der Waals surface area contributed by atoms with Crippen LogP contribution in [0.5, 0.6) is 0 Å². The van der Waals surface area contributed by atoms with E-state index in [4.69, 9.17) is 59.3 Å². The van der Waals surface area contributed by atoms with Gasteiger partial charge in [0, 0.05) is 0 Å². The number of carbonyl (C=O) groups excluding carboxylic acids is 1. The zero-order chi connectivity index (χ0) is 35.8. The maximum atomic E-state index is 10.2. The minimum atomic E-state index is -1.21. The Bertz CT molecular complexity index is 803. The van der Waals surface area contributed by atoms with Gasteiger partial charge >= 0.3 is 29.8 Å². The molecule has 0 saturated heterocycles. The first-order chi connectivity index (χ1) is 19.3. The normalized spacial score (nSPS) is 14.9. The summed E-state index contributed by atoms with van der Waals surface area (Å²) in [6.45, 7) is 12.5. The third kappa shape index (κ3) is 34.7. The molecule has 0 aliphatic carbocycles. The average Bonchev–Trinajstić information content (AvgIpc) is 2.86. The predicted octanol–water partition coefficient (Wildman–Crippen LogP) is -2.00. The molecule has 256 valence electrons. The van der Waals surface area contributed by atoms with Gasteiger partial charge in [0.05, 0.1) is 12.5 Å². The van der Waals surface area contributed by atoms with E-state index in [9.17, 15) is 28.8 Å². The molecule has 0 fully saturated rings. The molecule has 0 aromatic heterocycles. The minimum Gasteiger partial charge on any atom is -0.480 e. The maximum absolute atomic E-state index is 10.2. The van der Waals surface area contributed by atoms with Gasteiger partial charge in [0.15, 0.2) is 0 Å². The predicted molar refractivity (Wildman–Crippen MR) is 157 cm³/mol. The molecule has 18 N–H and O–H groups in total. The third-order valence-electron chi connectivity index (χ3n) is 5.13. The van der Waals surface area contributed by atoms with E-state index in [1.54, 1.807) is 13.8 Å². The molecule has 18 heteroatoms. The number of nitrogens with two attached hydrogens (primary N) is 6. The van der Waals surface area contributed by atoms with Gasteiger partial charge in [-0.3, -0.25) is 28.8 Å². The zero-order valence-corrected chi connectivity index (χ0v) is 25.9. The molecule has 0 rings (SSSR count). The number of carboxylic acid groups (broad SMARTS) is 5. The summed E-state index contributed by atoms with van der Waals surface area (Å²) in [5.74, 6) is -5.40. The van der Waals surface area contributed by atoms with Gasteiger partial charge < -0.3 is 65.0 Å². The number of rotatable bonds is 13. The molecule has 0 radical (unpaired) electrons. The summed E-state index contributed by atoms with van der Waals surface area (Å²) in [4.78, 5) is 60.1. The Morgan fingerprint density at radius 3 is 1.00 bits per heavy atom. The highest BCUT2D eigenvalue weighted by atomic mass is 16.4. The summed E-state index contributed by atoms with van der Waals surface area (Å²) < 4.78 is 0. The molecule has 0 bridgehead atoms. The fourth-order valence-corrected chi connectivity index (χ4v) is 1.90. The van der Waals surface area contributed by atoms with Crippen LogP contribution in [0, 0.1) is 17.8 Å². The van der Waals surface area contributed by atoms with Gasteiger partial charge in [-0.2, -0.15) is 0 Å². The topological polar surface area (TPSA) is 380 Å². The molecular formula is C25H54N6O12. The second-order valence-electron chi connectivity index (χ2n) is 10.2. The summed E-state index contributed by atoms with van der Waals surface area (Å²) in [7, 11) is 0. The third-order valence-corrected chi connectivity index (χ3v) is 5.13. The van der Waals surface area contributed by atoms with Gasteiger partial charge in [0.25, 0.3) is 0 Å². The van der Waals surface area contributed by atoms with E-state index in [-0.39, 0.29) is 18.3 Å². The number of amides is 1. The highest BCUT2D eigenvalue weighted by Crippen LogP contribution is 2.04. The number of aliphatic hydroxyl groups is 1. The van der Waals surface area contributed by atoms with Crippen molar-refractivity contribution in [3.8, 4) is 0 Å². The van der Waals surface area contributed by atoms with Crippen LogP contribution >= 0.6 is 0 Å².